The second-order valence-electron chi connectivity index (χ2n) is 6.70. The molecule has 142 valence electrons. The van der Waals surface area contributed by atoms with E-state index < -0.39 is 10.0 Å². The first-order valence-electron chi connectivity index (χ1n) is 9.11. The fraction of sp³-hybridized carbons (Fsp3) is 0.350. The molecule has 0 aliphatic carbocycles. The quantitative estimate of drug-likeness (QED) is 0.643. The molecular weight excluding hydrogens is 380 g/mol. The Kier molecular flexibility index (Phi) is 5.16. The molecule has 0 N–H and O–H groups in total. The topological polar surface area (TPSA) is 59.5 Å². The number of sulfonamides is 1. The lowest BCUT2D eigenvalue weighted by atomic mass is 10.0. The Morgan fingerprint density at radius 3 is 2.74 bits per heavy atom. The van der Waals surface area contributed by atoms with Crippen molar-refractivity contribution in [2.75, 3.05) is 18.8 Å². The number of piperidine rings is 1. The van der Waals surface area contributed by atoms with Gasteiger partial charge < -0.3 is 4.74 Å². The number of thiophene rings is 1. The molecule has 4 rings (SSSR count). The zero-order valence-corrected chi connectivity index (χ0v) is 16.8. The van der Waals surface area contributed by atoms with Crippen LogP contribution in [0, 0.1) is 0 Å². The third-order valence-corrected chi connectivity index (χ3v) is 7.59. The van der Waals surface area contributed by atoms with Gasteiger partial charge >= 0.3 is 0 Å². The van der Waals surface area contributed by atoms with Crippen molar-refractivity contribution in [3.05, 3.63) is 47.4 Å². The standard InChI is InChI=1S/C20H22N2O3S2/c1-2-27(23,24)22-8-4-18(5-9-22)25-20-12-17(16-6-10-26-14-16)11-15-3-7-21-13-19(15)20/h3,6-7,10-14,18H,2,4-5,8-9H2,1H3. The molecule has 27 heavy (non-hydrogen) atoms. The van der Waals surface area contributed by atoms with E-state index in [-0.39, 0.29) is 11.9 Å². The maximum Gasteiger partial charge on any atom is 0.213 e. The Hall–Kier alpha value is -1.96. The van der Waals surface area contributed by atoms with Crippen molar-refractivity contribution in [2.45, 2.75) is 25.9 Å². The number of aromatic nitrogens is 1. The smallest absolute Gasteiger partial charge is 0.213 e. The molecule has 0 atom stereocenters. The average Bonchev–Trinajstić information content (AvgIpc) is 3.23. The molecule has 1 aliphatic heterocycles. The minimum Gasteiger partial charge on any atom is -0.490 e. The van der Waals surface area contributed by atoms with Crippen LogP contribution in [0.25, 0.3) is 21.9 Å². The average molecular weight is 403 g/mol. The van der Waals surface area contributed by atoms with Crippen LogP contribution in [0.15, 0.2) is 47.4 Å². The lowest BCUT2D eigenvalue weighted by Crippen LogP contribution is -2.42. The first-order valence-corrected chi connectivity index (χ1v) is 11.7. The normalized spacial score (nSPS) is 16.6. The summed E-state index contributed by atoms with van der Waals surface area (Å²) >= 11 is 1.67. The highest BCUT2D eigenvalue weighted by Gasteiger charge is 2.28. The highest BCUT2D eigenvalue weighted by atomic mass is 32.2. The summed E-state index contributed by atoms with van der Waals surface area (Å²) in [6.45, 7) is 2.72. The third-order valence-electron chi connectivity index (χ3n) is 5.03. The van der Waals surface area contributed by atoms with Crippen molar-refractivity contribution in [2.24, 2.45) is 0 Å². The highest BCUT2D eigenvalue weighted by Crippen LogP contribution is 2.34. The Morgan fingerprint density at radius 1 is 1.22 bits per heavy atom. The van der Waals surface area contributed by atoms with Crippen molar-refractivity contribution in [1.29, 1.82) is 0 Å². The molecule has 0 saturated carbocycles. The number of rotatable bonds is 5. The molecule has 0 bridgehead atoms. The molecule has 5 nitrogen and oxygen atoms in total. The molecule has 0 amide bonds. The van der Waals surface area contributed by atoms with E-state index in [9.17, 15) is 8.42 Å². The molecule has 7 heteroatoms. The zero-order chi connectivity index (χ0) is 18.9. The summed E-state index contributed by atoms with van der Waals surface area (Å²) in [5.74, 6) is 0.968. The van der Waals surface area contributed by atoms with Gasteiger partial charge in [-0.1, -0.05) is 0 Å². The summed E-state index contributed by atoms with van der Waals surface area (Å²) in [5.41, 5.74) is 2.29. The van der Waals surface area contributed by atoms with Gasteiger partial charge in [0.15, 0.2) is 0 Å². The molecule has 0 spiro atoms. The summed E-state index contributed by atoms with van der Waals surface area (Å²) in [6.07, 6.45) is 5.03. The van der Waals surface area contributed by atoms with Gasteiger partial charge in [-0.2, -0.15) is 11.3 Å². The van der Waals surface area contributed by atoms with Crippen LogP contribution in [-0.4, -0.2) is 42.7 Å². The summed E-state index contributed by atoms with van der Waals surface area (Å²) in [5, 5.41) is 6.27. The molecule has 1 aromatic carbocycles. The molecule has 1 aliphatic rings. The van der Waals surface area contributed by atoms with Gasteiger partial charge in [-0.25, -0.2) is 12.7 Å². The highest BCUT2D eigenvalue weighted by molar-refractivity contribution is 7.89. The predicted molar refractivity (Wildman–Crippen MR) is 110 cm³/mol. The number of nitrogens with zero attached hydrogens (tertiary/aromatic N) is 2. The van der Waals surface area contributed by atoms with Crippen LogP contribution >= 0.6 is 11.3 Å². The van der Waals surface area contributed by atoms with Crippen molar-refractivity contribution in [1.82, 2.24) is 9.29 Å². The number of hydrogen-bond donors (Lipinski definition) is 0. The third kappa shape index (κ3) is 3.85. The van der Waals surface area contributed by atoms with E-state index in [1.165, 1.54) is 5.56 Å². The summed E-state index contributed by atoms with van der Waals surface area (Å²) < 4.78 is 32.0. The molecule has 3 aromatic rings. The molecule has 2 aromatic heterocycles. The van der Waals surface area contributed by atoms with Crippen LogP contribution < -0.4 is 4.74 Å². The lowest BCUT2D eigenvalue weighted by Gasteiger charge is -2.31. The molecular formula is C20H22N2O3S2. The van der Waals surface area contributed by atoms with Gasteiger partial charge in [0.1, 0.15) is 11.9 Å². The van der Waals surface area contributed by atoms with E-state index >= 15 is 0 Å². The van der Waals surface area contributed by atoms with Gasteiger partial charge in [0, 0.05) is 30.9 Å². The number of hydrogen-bond acceptors (Lipinski definition) is 5. The summed E-state index contributed by atoms with van der Waals surface area (Å²) in [7, 11) is -3.12. The largest absolute Gasteiger partial charge is 0.490 e. The van der Waals surface area contributed by atoms with Crippen LogP contribution in [0.5, 0.6) is 5.75 Å². The summed E-state index contributed by atoms with van der Waals surface area (Å²) in [4.78, 5) is 4.25. The minimum absolute atomic E-state index is 0.00874. The van der Waals surface area contributed by atoms with Gasteiger partial charge in [-0.15, -0.1) is 0 Å². The number of benzene rings is 1. The second kappa shape index (κ2) is 7.58. The Labute approximate surface area is 163 Å². The van der Waals surface area contributed by atoms with Gasteiger partial charge in [0.05, 0.1) is 5.75 Å². The molecule has 0 unspecified atom stereocenters. The van der Waals surface area contributed by atoms with E-state index in [1.54, 1.807) is 28.8 Å². The molecule has 3 heterocycles. The fourth-order valence-electron chi connectivity index (χ4n) is 3.45. The SMILES string of the molecule is CCS(=O)(=O)N1CCC(Oc2cc(-c3ccsc3)cc3ccncc23)CC1. The van der Waals surface area contributed by atoms with Gasteiger partial charge in [-0.05, 0) is 71.3 Å². The van der Waals surface area contributed by atoms with E-state index in [4.69, 9.17) is 4.74 Å². The maximum atomic E-state index is 12.0. The maximum absolute atomic E-state index is 12.0. The number of pyridine rings is 1. The number of ether oxygens (including phenoxy) is 1. The summed E-state index contributed by atoms with van der Waals surface area (Å²) in [6, 6.07) is 8.32. The molecule has 1 fully saturated rings. The van der Waals surface area contributed by atoms with Crippen LogP contribution in [0.1, 0.15) is 19.8 Å². The van der Waals surface area contributed by atoms with Crippen molar-refractivity contribution in [3.8, 4) is 16.9 Å². The Bertz CT molecular complexity index is 1020. The van der Waals surface area contributed by atoms with E-state index in [0.717, 1.165) is 22.1 Å². The fourth-order valence-corrected chi connectivity index (χ4v) is 5.25. The van der Waals surface area contributed by atoms with Gasteiger partial charge in [0.2, 0.25) is 10.0 Å². The number of fused-ring (bicyclic) bond motifs is 1. The minimum atomic E-state index is -3.12. The van der Waals surface area contributed by atoms with Gasteiger partial charge in [-0.3, -0.25) is 4.98 Å². The van der Waals surface area contributed by atoms with Crippen molar-refractivity contribution >= 4 is 32.1 Å². The van der Waals surface area contributed by atoms with E-state index in [1.807, 2.05) is 12.3 Å². The Morgan fingerprint density at radius 2 is 2.04 bits per heavy atom. The second-order valence-corrected chi connectivity index (χ2v) is 9.74. The van der Waals surface area contributed by atoms with Gasteiger partial charge in [0.25, 0.3) is 0 Å². The monoisotopic (exact) mass is 402 g/mol. The van der Waals surface area contributed by atoms with Crippen LogP contribution in [0.2, 0.25) is 0 Å². The Balaban J connectivity index is 1.59. The van der Waals surface area contributed by atoms with Crippen molar-refractivity contribution < 1.29 is 13.2 Å². The van der Waals surface area contributed by atoms with Crippen LogP contribution in [0.3, 0.4) is 0 Å². The zero-order valence-electron chi connectivity index (χ0n) is 15.2. The lowest BCUT2D eigenvalue weighted by molar-refractivity contribution is 0.137. The first kappa shape index (κ1) is 18.4. The predicted octanol–water partition coefficient (Wildman–Crippen LogP) is 4.16. The molecule has 1 saturated heterocycles. The van der Waals surface area contributed by atoms with Crippen LogP contribution in [0.4, 0.5) is 0 Å². The van der Waals surface area contributed by atoms with Crippen molar-refractivity contribution in [3.63, 3.8) is 0 Å². The van der Waals surface area contributed by atoms with E-state index in [2.05, 4.69) is 33.9 Å². The molecule has 0 radical (unpaired) electrons. The van der Waals surface area contributed by atoms with E-state index in [0.29, 0.717) is 25.9 Å². The first-order chi connectivity index (χ1) is 13.1. The van der Waals surface area contributed by atoms with Crippen LogP contribution in [-0.2, 0) is 10.0 Å².